The summed E-state index contributed by atoms with van der Waals surface area (Å²) in [4.78, 5) is 0. The second-order valence-electron chi connectivity index (χ2n) is 4.02. The summed E-state index contributed by atoms with van der Waals surface area (Å²) in [6.07, 6.45) is 0. The second-order valence-corrected chi connectivity index (χ2v) is 5.05. The highest BCUT2D eigenvalue weighted by atomic mass is 32.2. The van der Waals surface area contributed by atoms with Crippen molar-refractivity contribution in [2.75, 3.05) is 12.4 Å². The predicted octanol–water partition coefficient (Wildman–Crippen LogP) is 1.94. The van der Waals surface area contributed by atoms with Crippen molar-refractivity contribution in [3.8, 4) is 0 Å². The molecule has 0 amide bonds. The summed E-state index contributed by atoms with van der Waals surface area (Å²) in [5.41, 5.74) is 2.83. The molecule has 1 aromatic rings. The van der Waals surface area contributed by atoms with Crippen LogP contribution in [0.2, 0.25) is 0 Å². The zero-order valence-corrected chi connectivity index (χ0v) is 9.76. The minimum absolute atomic E-state index is 0.168. The Morgan fingerprint density at radius 1 is 1.53 bits per heavy atom. The van der Waals surface area contributed by atoms with Gasteiger partial charge in [-0.3, -0.25) is 0 Å². The highest BCUT2D eigenvalue weighted by Gasteiger charge is 2.20. The number of fused-ring (bicyclic) bond motifs is 1. The maximum atomic E-state index is 9.04. The van der Waals surface area contributed by atoms with Crippen LogP contribution in [0.4, 0.5) is 0 Å². The van der Waals surface area contributed by atoms with Crippen molar-refractivity contribution in [2.24, 2.45) is 0 Å². The third-order valence-corrected chi connectivity index (χ3v) is 3.82. The second kappa shape index (κ2) is 5.01. The number of nitrogens with one attached hydrogen (secondary N) is 1. The van der Waals surface area contributed by atoms with E-state index in [-0.39, 0.29) is 12.6 Å². The van der Waals surface area contributed by atoms with Gasteiger partial charge in [-0.05, 0) is 18.1 Å². The van der Waals surface area contributed by atoms with E-state index in [9.17, 15) is 0 Å². The number of aliphatic hydroxyl groups is 1. The van der Waals surface area contributed by atoms with Crippen molar-refractivity contribution >= 4 is 11.8 Å². The SMILES string of the molecule is C[C@H](CO)NC1CSCc2ccccc21. The first kappa shape index (κ1) is 11.0. The average Bonchev–Trinajstić information content (AvgIpc) is 2.29. The molecular weight excluding hydrogens is 206 g/mol. The van der Waals surface area contributed by atoms with E-state index in [2.05, 4.69) is 29.6 Å². The van der Waals surface area contributed by atoms with Crippen molar-refractivity contribution in [1.29, 1.82) is 0 Å². The first-order valence-corrected chi connectivity index (χ1v) is 6.49. The van der Waals surface area contributed by atoms with Crippen LogP contribution in [-0.4, -0.2) is 23.5 Å². The molecule has 0 bridgehead atoms. The maximum absolute atomic E-state index is 9.04. The molecule has 2 nitrogen and oxygen atoms in total. The summed E-state index contributed by atoms with van der Waals surface area (Å²) in [6, 6.07) is 9.13. The van der Waals surface area contributed by atoms with Crippen LogP contribution in [0.25, 0.3) is 0 Å². The molecular formula is C12H17NOS. The molecule has 15 heavy (non-hydrogen) atoms. The van der Waals surface area contributed by atoms with Crippen LogP contribution in [-0.2, 0) is 5.75 Å². The van der Waals surface area contributed by atoms with Gasteiger partial charge in [0.1, 0.15) is 0 Å². The van der Waals surface area contributed by atoms with E-state index in [4.69, 9.17) is 5.11 Å². The fraction of sp³-hybridized carbons (Fsp3) is 0.500. The Morgan fingerprint density at radius 3 is 3.13 bits per heavy atom. The van der Waals surface area contributed by atoms with Crippen LogP contribution in [0.1, 0.15) is 24.1 Å². The fourth-order valence-electron chi connectivity index (χ4n) is 1.92. The van der Waals surface area contributed by atoms with Crippen molar-refractivity contribution in [2.45, 2.75) is 24.8 Å². The molecule has 2 atom stereocenters. The van der Waals surface area contributed by atoms with E-state index >= 15 is 0 Å². The average molecular weight is 223 g/mol. The van der Waals surface area contributed by atoms with Gasteiger partial charge in [0, 0.05) is 23.6 Å². The van der Waals surface area contributed by atoms with Crippen molar-refractivity contribution < 1.29 is 5.11 Å². The van der Waals surface area contributed by atoms with Crippen LogP contribution >= 0.6 is 11.8 Å². The molecule has 2 rings (SSSR count). The Labute approximate surface area is 95.1 Å². The number of thioether (sulfide) groups is 1. The molecule has 1 aromatic carbocycles. The van der Waals surface area contributed by atoms with E-state index in [1.807, 2.05) is 18.7 Å². The third-order valence-electron chi connectivity index (χ3n) is 2.73. The topological polar surface area (TPSA) is 32.3 Å². The van der Waals surface area contributed by atoms with Gasteiger partial charge in [-0.15, -0.1) is 0 Å². The van der Waals surface area contributed by atoms with E-state index in [0.29, 0.717) is 6.04 Å². The molecule has 0 saturated carbocycles. The summed E-state index contributed by atoms with van der Waals surface area (Å²) in [5.74, 6) is 2.21. The van der Waals surface area contributed by atoms with Crippen LogP contribution < -0.4 is 5.32 Å². The Hall–Kier alpha value is -0.510. The summed E-state index contributed by atoms with van der Waals surface area (Å²) < 4.78 is 0. The number of hydrogen-bond donors (Lipinski definition) is 2. The maximum Gasteiger partial charge on any atom is 0.0582 e. The molecule has 1 heterocycles. The summed E-state index contributed by atoms with van der Waals surface area (Å²) in [6.45, 7) is 2.21. The molecule has 0 fully saturated rings. The highest BCUT2D eigenvalue weighted by molar-refractivity contribution is 7.98. The first-order chi connectivity index (χ1) is 7.31. The van der Waals surface area contributed by atoms with Crippen molar-refractivity contribution in [1.82, 2.24) is 5.32 Å². The first-order valence-electron chi connectivity index (χ1n) is 5.33. The number of benzene rings is 1. The zero-order chi connectivity index (χ0) is 10.7. The van der Waals surface area contributed by atoms with Gasteiger partial charge in [0.2, 0.25) is 0 Å². The normalized spacial score (nSPS) is 22.1. The van der Waals surface area contributed by atoms with Gasteiger partial charge in [-0.2, -0.15) is 11.8 Å². The molecule has 0 aromatic heterocycles. The summed E-state index contributed by atoms with van der Waals surface area (Å²) in [5, 5.41) is 12.5. The van der Waals surface area contributed by atoms with Gasteiger partial charge in [-0.1, -0.05) is 24.3 Å². The van der Waals surface area contributed by atoms with Gasteiger partial charge >= 0.3 is 0 Å². The fourth-order valence-corrected chi connectivity index (χ4v) is 3.03. The van der Waals surface area contributed by atoms with E-state index in [1.165, 1.54) is 11.1 Å². The zero-order valence-electron chi connectivity index (χ0n) is 8.94. The van der Waals surface area contributed by atoms with Crippen LogP contribution in [0, 0.1) is 0 Å². The van der Waals surface area contributed by atoms with Gasteiger partial charge in [-0.25, -0.2) is 0 Å². The quantitative estimate of drug-likeness (QED) is 0.821. The van der Waals surface area contributed by atoms with Crippen LogP contribution in [0.3, 0.4) is 0 Å². The Bertz CT molecular complexity index is 329. The number of rotatable bonds is 3. The van der Waals surface area contributed by atoms with Crippen LogP contribution in [0.15, 0.2) is 24.3 Å². The summed E-state index contributed by atoms with van der Waals surface area (Å²) in [7, 11) is 0. The van der Waals surface area contributed by atoms with E-state index < -0.39 is 0 Å². The van der Waals surface area contributed by atoms with E-state index in [1.54, 1.807) is 0 Å². The third kappa shape index (κ3) is 2.54. The molecule has 1 aliphatic heterocycles. The highest BCUT2D eigenvalue weighted by Crippen LogP contribution is 2.31. The molecule has 0 saturated heterocycles. The lowest BCUT2D eigenvalue weighted by molar-refractivity contribution is 0.243. The molecule has 1 aliphatic rings. The minimum atomic E-state index is 0.168. The lowest BCUT2D eigenvalue weighted by Gasteiger charge is -2.28. The molecule has 82 valence electrons. The van der Waals surface area contributed by atoms with Crippen molar-refractivity contribution in [3.05, 3.63) is 35.4 Å². The Kier molecular flexibility index (Phi) is 3.67. The molecule has 3 heteroatoms. The Morgan fingerprint density at radius 2 is 2.33 bits per heavy atom. The Balaban J connectivity index is 2.15. The standard InChI is InChI=1S/C12H17NOS/c1-9(6-14)13-12-8-15-7-10-4-2-3-5-11(10)12/h2-5,9,12-14H,6-8H2,1H3/t9-,12?/m1/s1. The lowest BCUT2D eigenvalue weighted by Crippen LogP contribution is -2.35. The van der Waals surface area contributed by atoms with Crippen LogP contribution in [0.5, 0.6) is 0 Å². The van der Waals surface area contributed by atoms with Crippen molar-refractivity contribution in [3.63, 3.8) is 0 Å². The molecule has 0 spiro atoms. The monoisotopic (exact) mass is 223 g/mol. The minimum Gasteiger partial charge on any atom is -0.395 e. The molecule has 2 N–H and O–H groups in total. The molecule has 0 aliphatic carbocycles. The number of aliphatic hydroxyl groups excluding tert-OH is 1. The van der Waals surface area contributed by atoms with Gasteiger partial charge < -0.3 is 10.4 Å². The van der Waals surface area contributed by atoms with Gasteiger partial charge in [0.05, 0.1) is 6.61 Å². The smallest absolute Gasteiger partial charge is 0.0582 e. The lowest BCUT2D eigenvalue weighted by atomic mass is 10.0. The summed E-state index contributed by atoms with van der Waals surface area (Å²) >= 11 is 1.95. The van der Waals surface area contributed by atoms with E-state index in [0.717, 1.165) is 11.5 Å². The number of hydrogen-bond acceptors (Lipinski definition) is 3. The molecule has 0 radical (unpaired) electrons. The molecule has 1 unspecified atom stereocenters. The van der Waals surface area contributed by atoms with Gasteiger partial charge in [0.15, 0.2) is 0 Å². The largest absolute Gasteiger partial charge is 0.395 e. The predicted molar refractivity (Wildman–Crippen MR) is 65.0 cm³/mol. The van der Waals surface area contributed by atoms with Gasteiger partial charge in [0.25, 0.3) is 0 Å².